The van der Waals surface area contributed by atoms with Crippen LogP contribution in [0.2, 0.25) is 0 Å². The highest BCUT2D eigenvalue weighted by atomic mass is 14.3. The summed E-state index contributed by atoms with van der Waals surface area (Å²) < 4.78 is 0. The molecule has 0 radical (unpaired) electrons. The van der Waals surface area contributed by atoms with Crippen LogP contribution in [0.3, 0.4) is 0 Å². The van der Waals surface area contributed by atoms with Gasteiger partial charge in [0.05, 0.1) is 0 Å². The Kier molecular flexibility index (Phi) is 7.14. The third-order valence-electron chi connectivity index (χ3n) is 3.54. The molecule has 0 atom stereocenters. The summed E-state index contributed by atoms with van der Waals surface area (Å²) in [6, 6.07) is 0. The standard InChI is InChI=1S/C19H28/c1-9-12-13-17(6)19(7,8)18(16(5)11-3)14-15(4)10-2/h9-10,12-14H,1,5-6,11H2,2-4,7-8H3/b13-12-,15-10-,18-14+. The van der Waals surface area contributed by atoms with Crippen molar-refractivity contribution < 1.29 is 0 Å². The molecule has 19 heavy (non-hydrogen) atoms. The molecule has 0 aromatic carbocycles. The Bertz CT molecular complexity index is 437. The Morgan fingerprint density at radius 1 is 1.21 bits per heavy atom. The highest BCUT2D eigenvalue weighted by molar-refractivity contribution is 5.46. The van der Waals surface area contributed by atoms with Crippen LogP contribution in [0.15, 0.2) is 72.4 Å². The van der Waals surface area contributed by atoms with Crippen LogP contribution in [-0.4, -0.2) is 0 Å². The van der Waals surface area contributed by atoms with E-state index in [1.54, 1.807) is 6.08 Å². The molecule has 0 aliphatic rings. The first-order chi connectivity index (χ1) is 8.81. The van der Waals surface area contributed by atoms with Gasteiger partial charge in [0.15, 0.2) is 0 Å². The van der Waals surface area contributed by atoms with Gasteiger partial charge in [0.25, 0.3) is 0 Å². The number of hydrogen-bond acceptors (Lipinski definition) is 0. The zero-order chi connectivity index (χ0) is 15.1. The van der Waals surface area contributed by atoms with E-state index in [-0.39, 0.29) is 5.41 Å². The molecule has 0 saturated carbocycles. The molecule has 0 amide bonds. The smallest absolute Gasteiger partial charge is 0.0143 e. The quantitative estimate of drug-likeness (QED) is 0.478. The molecule has 0 saturated heterocycles. The van der Waals surface area contributed by atoms with E-state index in [0.29, 0.717) is 0 Å². The van der Waals surface area contributed by atoms with Gasteiger partial charge in [-0.3, -0.25) is 0 Å². The summed E-state index contributed by atoms with van der Waals surface area (Å²) in [5, 5.41) is 0. The van der Waals surface area contributed by atoms with Crippen molar-refractivity contribution >= 4 is 0 Å². The Labute approximate surface area is 119 Å². The minimum Gasteiger partial charge on any atom is -0.0991 e. The van der Waals surface area contributed by atoms with Crippen molar-refractivity contribution in [2.75, 3.05) is 0 Å². The fourth-order valence-corrected chi connectivity index (χ4v) is 1.79. The summed E-state index contributed by atoms with van der Waals surface area (Å²) in [4.78, 5) is 0. The summed E-state index contributed by atoms with van der Waals surface area (Å²) in [7, 11) is 0. The lowest BCUT2D eigenvalue weighted by Crippen LogP contribution is -2.18. The Morgan fingerprint density at radius 3 is 2.21 bits per heavy atom. The highest BCUT2D eigenvalue weighted by Crippen LogP contribution is 2.39. The first-order valence-corrected chi connectivity index (χ1v) is 6.82. The second kappa shape index (κ2) is 7.78. The molecule has 0 nitrogen and oxygen atoms in total. The van der Waals surface area contributed by atoms with Crippen LogP contribution in [0, 0.1) is 5.41 Å². The minimum atomic E-state index is -0.128. The van der Waals surface area contributed by atoms with E-state index in [0.717, 1.165) is 12.0 Å². The Balaban J connectivity index is 5.66. The minimum absolute atomic E-state index is 0.128. The number of rotatable bonds is 7. The second-order valence-electron chi connectivity index (χ2n) is 5.29. The number of allylic oxidation sites excluding steroid dienone is 9. The van der Waals surface area contributed by atoms with Gasteiger partial charge in [-0.05, 0) is 31.4 Å². The van der Waals surface area contributed by atoms with Crippen LogP contribution in [-0.2, 0) is 0 Å². The molecular formula is C19H28. The lowest BCUT2D eigenvalue weighted by atomic mass is 9.73. The van der Waals surface area contributed by atoms with E-state index in [4.69, 9.17) is 0 Å². The van der Waals surface area contributed by atoms with Gasteiger partial charge in [0.2, 0.25) is 0 Å². The maximum atomic E-state index is 4.21. The van der Waals surface area contributed by atoms with E-state index >= 15 is 0 Å². The van der Waals surface area contributed by atoms with E-state index < -0.39 is 0 Å². The SMILES string of the molecule is C=C/C=C\C(=C)C(C)(C)/C(=C/C(C)=C\C)C(=C)CC. The molecule has 104 valence electrons. The molecule has 0 unspecified atom stereocenters. The maximum Gasteiger partial charge on any atom is 0.0143 e. The van der Waals surface area contributed by atoms with Crippen LogP contribution in [0.25, 0.3) is 0 Å². The van der Waals surface area contributed by atoms with E-state index in [1.807, 2.05) is 12.2 Å². The topological polar surface area (TPSA) is 0 Å². The molecule has 0 aromatic heterocycles. The molecule has 0 N–H and O–H groups in total. The zero-order valence-electron chi connectivity index (χ0n) is 13.2. The predicted molar refractivity (Wildman–Crippen MR) is 89.2 cm³/mol. The molecule has 0 bridgehead atoms. The molecule has 0 aromatic rings. The van der Waals surface area contributed by atoms with Crippen molar-refractivity contribution in [3.05, 3.63) is 72.4 Å². The fourth-order valence-electron chi connectivity index (χ4n) is 1.79. The average molecular weight is 256 g/mol. The van der Waals surface area contributed by atoms with Crippen molar-refractivity contribution in [1.82, 2.24) is 0 Å². The lowest BCUT2D eigenvalue weighted by Gasteiger charge is -2.31. The number of hydrogen-bond donors (Lipinski definition) is 0. The predicted octanol–water partition coefficient (Wildman–Crippen LogP) is 6.17. The Hall–Kier alpha value is -1.56. The van der Waals surface area contributed by atoms with Crippen LogP contribution in [0.4, 0.5) is 0 Å². The van der Waals surface area contributed by atoms with Crippen LogP contribution in [0.1, 0.15) is 41.0 Å². The largest absolute Gasteiger partial charge is 0.0991 e. The second-order valence-corrected chi connectivity index (χ2v) is 5.29. The van der Waals surface area contributed by atoms with E-state index in [2.05, 4.69) is 66.5 Å². The van der Waals surface area contributed by atoms with Gasteiger partial charge < -0.3 is 0 Å². The van der Waals surface area contributed by atoms with Gasteiger partial charge in [0.1, 0.15) is 0 Å². The molecule has 0 spiro atoms. The molecule has 0 fully saturated rings. The molecular weight excluding hydrogens is 228 g/mol. The van der Waals surface area contributed by atoms with Crippen molar-refractivity contribution in [3.63, 3.8) is 0 Å². The zero-order valence-corrected chi connectivity index (χ0v) is 13.2. The van der Waals surface area contributed by atoms with Crippen molar-refractivity contribution in [3.8, 4) is 0 Å². The third kappa shape index (κ3) is 4.90. The lowest BCUT2D eigenvalue weighted by molar-refractivity contribution is 0.557. The molecule has 0 heterocycles. The van der Waals surface area contributed by atoms with Crippen molar-refractivity contribution in [1.29, 1.82) is 0 Å². The molecule has 0 aliphatic heterocycles. The summed E-state index contributed by atoms with van der Waals surface area (Å²) in [6.07, 6.45) is 11.0. The molecule has 0 rings (SSSR count). The molecule has 0 aliphatic carbocycles. The summed E-state index contributed by atoms with van der Waals surface area (Å²) in [6.45, 7) is 22.8. The fraction of sp³-hybridized carbons (Fsp3) is 0.368. The monoisotopic (exact) mass is 256 g/mol. The van der Waals surface area contributed by atoms with Gasteiger partial charge in [0, 0.05) is 5.41 Å². The van der Waals surface area contributed by atoms with Gasteiger partial charge >= 0.3 is 0 Å². The van der Waals surface area contributed by atoms with Gasteiger partial charge in [-0.15, -0.1) is 0 Å². The summed E-state index contributed by atoms with van der Waals surface area (Å²) in [5.74, 6) is 0. The van der Waals surface area contributed by atoms with Crippen LogP contribution >= 0.6 is 0 Å². The van der Waals surface area contributed by atoms with Crippen LogP contribution < -0.4 is 0 Å². The van der Waals surface area contributed by atoms with Crippen LogP contribution in [0.5, 0.6) is 0 Å². The summed E-state index contributed by atoms with van der Waals surface area (Å²) in [5.41, 5.74) is 4.61. The first kappa shape index (κ1) is 17.4. The Morgan fingerprint density at radius 2 is 1.79 bits per heavy atom. The van der Waals surface area contributed by atoms with Crippen molar-refractivity contribution in [2.24, 2.45) is 5.41 Å². The molecule has 0 heteroatoms. The highest BCUT2D eigenvalue weighted by Gasteiger charge is 2.26. The van der Waals surface area contributed by atoms with E-state index in [1.165, 1.54) is 16.7 Å². The van der Waals surface area contributed by atoms with E-state index in [9.17, 15) is 0 Å². The van der Waals surface area contributed by atoms with Gasteiger partial charge in [-0.1, -0.05) is 82.0 Å². The first-order valence-electron chi connectivity index (χ1n) is 6.82. The summed E-state index contributed by atoms with van der Waals surface area (Å²) >= 11 is 0. The van der Waals surface area contributed by atoms with Gasteiger partial charge in [-0.2, -0.15) is 0 Å². The maximum absolute atomic E-state index is 4.21. The van der Waals surface area contributed by atoms with Gasteiger partial charge in [-0.25, -0.2) is 0 Å². The normalized spacial score (nSPS) is 13.7. The van der Waals surface area contributed by atoms with Crippen molar-refractivity contribution in [2.45, 2.75) is 41.0 Å². The average Bonchev–Trinajstić information content (AvgIpc) is 2.40. The third-order valence-corrected chi connectivity index (χ3v) is 3.54.